The Morgan fingerprint density at radius 1 is 1.43 bits per heavy atom. The zero-order chi connectivity index (χ0) is 15.0. The maximum absolute atomic E-state index is 13.0. The third-order valence-corrected chi connectivity index (χ3v) is 5.72. The number of aliphatic hydroxyl groups excluding tert-OH is 1. The van der Waals surface area contributed by atoms with Gasteiger partial charge < -0.3 is 14.6 Å². The smallest absolute Gasteiger partial charge is 0.168 e. The Balaban J connectivity index is 1.81. The number of hydrogen-bond donors (Lipinski definition) is 1. The highest BCUT2D eigenvalue weighted by Gasteiger charge is 2.69. The van der Waals surface area contributed by atoms with Gasteiger partial charge in [0.15, 0.2) is 17.7 Å². The Morgan fingerprint density at radius 2 is 2.14 bits per heavy atom. The summed E-state index contributed by atoms with van der Waals surface area (Å²) in [6.07, 6.45) is 6.04. The molecule has 4 heteroatoms. The van der Waals surface area contributed by atoms with E-state index in [0.29, 0.717) is 6.42 Å². The fourth-order valence-corrected chi connectivity index (χ4v) is 5.12. The van der Waals surface area contributed by atoms with Gasteiger partial charge in [0.25, 0.3) is 0 Å². The van der Waals surface area contributed by atoms with E-state index in [0.717, 1.165) is 6.42 Å². The molecule has 1 saturated heterocycles. The van der Waals surface area contributed by atoms with E-state index < -0.39 is 23.6 Å². The zero-order valence-electron chi connectivity index (χ0n) is 12.5. The molecule has 4 aliphatic rings. The highest BCUT2D eigenvalue weighted by atomic mass is 16.8. The van der Waals surface area contributed by atoms with Gasteiger partial charge in [-0.05, 0) is 38.5 Å². The van der Waals surface area contributed by atoms with Crippen LogP contribution in [0.25, 0.3) is 0 Å². The van der Waals surface area contributed by atoms with E-state index in [1.165, 1.54) is 0 Å². The molecule has 3 fully saturated rings. The fraction of sp³-hybridized carbons (Fsp3) is 0.706. The monoisotopic (exact) mass is 290 g/mol. The van der Waals surface area contributed by atoms with Crippen molar-refractivity contribution in [1.29, 1.82) is 0 Å². The average molecular weight is 290 g/mol. The first-order chi connectivity index (χ1) is 9.89. The van der Waals surface area contributed by atoms with Crippen molar-refractivity contribution in [3.05, 3.63) is 24.8 Å². The number of fused-ring (bicyclic) bond motifs is 6. The third kappa shape index (κ3) is 1.58. The second-order valence-corrected chi connectivity index (χ2v) is 7.35. The molecule has 0 aromatic carbocycles. The van der Waals surface area contributed by atoms with Crippen molar-refractivity contribution in [2.24, 2.45) is 23.7 Å². The molecule has 0 radical (unpaired) electrons. The molecule has 2 saturated carbocycles. The standard InChI is InChI=1S/C17H22O4/c1-4-7-17-14(19)12-10-6-5-9(8-10)11(12)13(18)15(17)20-16(2,3)21-17/h4-6,9-12,14-15,19H,1,7-8H2,2-3H3/t9-,10+,11-,12+,14+,15+,17-/m1/s1. The average Bonchev–Trinajstić information content (AvgIpc) is 3.07. The predicted octanol–water partition coefficient (Wildman–Crippen LogP) is 1.83. The minimum Gasteiger partial charge on any atom is -0.390 e. The molecule has 3 aliphatic carbocycles. The summed E-state index contributed by atoms with van der Waals surface area (Å²) in [4.78, 5) is 13.0. The predicted molar refractivity (Wildman–Crippen MR) is 76.3 cm³/mol. The summed E-state index contributed by atoms with van der Waals surface area (Å²) >= 11 is 0. The third-order valence-electron chi connectivity index (χ3n) is 5.72. The lowest BCUT2D eigenvalue weighted by Gasteiger charge is -2.47. The lowest BCUT2D eigenvalue weighted by atomic mass is 9.62. The lowest BCUT2D eigenvalue weighted by Crippen LogP contribution is -2.64. The molecule has 2 bridgehead atoms. The molecule has 0 amide bonds. The Hall–Kier alpha value is -0.970. The van der Waals surface area contributed by atoms with Crippen LogP contribution >= 0.6 is 0 Å². The molecule has 4 nitrogen and oxygen atoms in total. The van der Waals surface area contributed by atoms with Gasteiger partial charge in [0.2, 0.25) is 0 Å². The lowest BCUT2D eigenvalue weighted by molar-refractivity contribution is -0.196. The van der Waals surface area contributed by atoms with Gasteiger partial charge in [-0.1, -0.05) is 18.2 Å². The van der Waals surface area contributed by atoms with Gasteiger partial charge in [0.05, 0.1) is 6.10 Å². The summed E-state index contributed by atoms with van der Waals surface area (Å²) in [5.74, 6) is -0.355. The number of ether oxygens (including phenoxy) is 2. The molecular weight excluding hydrogens is 268 g/mol. The van der Waals surface area contributed by atoms with Crippen molar-refractivity contribution in [2.45, 2.75) is 50.3 Å². The molecule has 0 unspecified atom stereocenters. The largest absolute Gasteiger partial charge is 0.390 e. The molecule has 1 heterocycles. The molecule has 1 N–H and O–H groups in total. The number of hydrogen-bond acceptors (Lipinski definition) is 4. The van der Waals surface area contributed by atoms with Gasteiger partial charge in [-0.3, -0.25) is 4.79 Å². The normalized spacial score (nSPS) is 52.8. The molecule has 7 atom stereocenters. The second kappa shape index (κ2) is 4.06. The summed E-state index contributed by atoms with van der Waals surface area (Å²) in [5, 5.41) is 11.1. The number of rotatable bonds is 2. The van der Waals surface area contributed by atoms with Crippen molar-refractivity contribution in [2.75, 3.05) is 0 Å². The summed E-state index contributed by atoms with van der Waals surface area (Å²) in [5.41, 5.74) is -0.970. The van der Waals surface area contributed by atoms with E-state index in [2.05, 4.69) is 18.7 Å². The highest BCUT2D eigenvalue weighted by Crippen LogP contribution is 2.59. The number of allylic oxidation sites excluding steroid dienone is 2. The van der Waals surface area contributed by atoms with Gasteiger partial charge in [-0.25, -0.2) is 0 Å². The van der Waals surface area contributed by atoms with Crippen molar-refractivity contribution in [3.8, 4) is 0 Å². The number of carbonyl (C=O) groups excluding carboxylic acids is 1. The summed E-state index contributed by atoms with van der Waals surface area (Å²) in [6.45, 7) is 7.39. The topological polar surface area (TPSA) is 55.8 Å². The van der Waals surface area contributed by atoms with Crippen LogP contribution in [0, 0.1) is 23.7 Å². The maximum Gasteiger partial charge on any atom is 0.168 e. The molecule has 21 heavy (non-hydrogen) atoms. The van der Waals surface area contributed by atoms with Crippen LogP contribution in [0.5, 0.6) is 0 Å². The van der Waals surface area contributed by atoms with E-state index in [1.54, 1.807) is 19.9 Å². The second-order valence-electron chi connectivity index (χ2n) is 7.35. The minimum absolute atomic E-state index is 0.0406. The van der Waals surface area contributed by atoms with E-state index in [1.807, 2.05) is 0 Å². The first-order valence-corrected chi connectivity index (χ1v) is 7.78. The summed E-state index contributed by atoms with van der Waals surface area (Å²) in [7, 11) is 0. The van der Waals surface area contributed by atoms with Crippen molar-refractivity contribution >= 4 is 5.78 Å². The number of ketones is 1. The molecular formula is C17H22O4. The van der Waals surface area contributed by atoms with Gasteiger partial charge in [0.1, 0.15) is 5.60 Å². The number of carbonyl (C=O) groups is 1. The van der Waals surface area contributed by atoms with Crippen LogP contribution in [0.1, 0.15) is 26.7 Å². The molecule has 1 aliphatic heterocycles. The van der Waals surface area contributed by atoms with Gasteiger partial charge in [-0.15, -0.1) is 6.58 Å². The van der Waals surface area contributed by atoms with E-state index in [4.69, 9.17) is 9.47 Å². The molecule has 4 rings (SSSR count). The van der Waals surface area contributed by atoms with Crippen LogP contribution in [0.3, 0.4) is 0 Å². The first kappa shape index (κ1) is 13.7. The first-order valence-electron chi connectivity index (χ1n) is 7.78. The van der Waals surface area contributed by atoms with Crippen LogP contribution in [0.15, 0.2) is 24.8 Å². The van der Waals surface area contributed by atoms with Gasteiger partial charge in [0, 0.05) is 11.8 Å². The Labute approximate surface area is 124 Å². The van der Waals surface area contributed by atoms with E-state index in [-0.39, 0.29) is 29.5 Å². The van der Waals surface area contributed by atoms with E-state index >= 15 is 0 Å². The van der Waals surface area contributed by atoms with E-state index in [9.17, 15) is 9.90 Å². The van der Waals surface area contributed by atoms with Crippen molar-refractivity contribution in [1.82, 2.24) is 0 Å². The summed E-state index contributed by atoms with van der Waals surface area (Å²) < 4.78 is 12.0. The molecule has 0 aromatic rings. The van der Waals surface area contributed by atoms with Gasteiger partial charge in [-0.2, -0.15) is 0 Å². The van der Waals surface area contributed by atoms with Crippen LogP contribution in [0.2, 0.25) is 0 Å². The van der Waals surface area contributed by atoms with Crippen molar-refractivity contribution < 1.29 is 19.4 Å². The fourth-order valence-electron chi connectivity index (χ4n) is 5.12. The molecule has 0 aromatic heterocycles. The zero-order valence-corrected chi connectivity index (χ0v) is 12.5. The Morgan fingerprint density at radius 3 is 2.86 bits per heavy atom. The highest BCUT2D eigenvalue weighted by molar-refractivity contribution is 5.90. The maximum atomic E-state index is 13.0. The molecule has 0 spiro atoms. The SMILES string of the molecule is C=CC[C@]12OC(C)(C)O[C@H]1C(=O)[C@H]1[C@H]([C@H]3C=C[C@@H]1C3)[C@@H]2O. The molecule has 114 valence electrons. The van der Waals surface area contributed by atoms with Crippen LogP contribution in [-0.4, -0.2) is 34.5 Å². The summed E-state index contributed by atoms with van der Waals surface area (Å²) in [6, 6.07) is 0. The number of Topliss-reactive ketones (excluding diaryl/α,β-unsaturated/α-hetero) is 1. The number of aliphatic hydroxyl groups is 1. The Kier molecular flexibility index (Phi) is 2.64. The van der Waals surface area contributed by atoms with Crippen molar-refractivity contribution in [3.63, 3.8) is 0 Å². The minimum atomic E-state index is -0.970. The van der Waals surface area contributed by atoms with Crippen LogP contribution < -0.4 is 0 Å². The quantitative estimate of drug-likeness (QED) is 0.788. The Bertz CT molecular complexity index is 537. The van der Waals surface area contributed by atoms with Crippen LogP contribution in [0.4, 0.5) is 0 Å². The van der Waals surface area contributed by atoms with Crippen LogP contribution in [-0.2, 0) is 14.3 Å². The van der Waals surface area contributed by atoms with Gasteiger partial charge >= 0.3 is 0 Å².